The number of carbonyl (C=O) groups is 3. The fourth-order valence-corrected chi connectivity index (χ4v) is 8.63. The highest BCUT2D eigenvalue weighted by Crippen LogP contribution is 2.73. The molecule has 4 rings (SSSR count). The number of rotatable bonds is 3. The van der Waals surface area contributed by atoms with Gasteiger partial charge in [-0.1, -0.05) is 33.8 Å². The number of halogens is 3. The predicted octanol–water partition coefficient (Wildman–Crippen LogP) is 4.84. The maximum absolute atomic E-state index is 15.5. The molecule has 0 spiro atoms. The highest BCUT2D eigenvalue weighted by atomic mass is 35.5. The molecule has 0 aliphatic heterocycles. The number of allylic oxidation sites excluding steroid dienone is 4. The van der Waals surface area contributed by atoms with Crippen molar-refractivity contribution in [3.8, 4) is 0 Å². The van der Waals surface area contributed by atoms with Crippen LogP contribution in [-0.2, 0) is 19.1 Å². The summed E-state index contributed by atoms with van der Waals surface area (Å²) in [5.74, 6) is -3.37. The number of fused-ring (bicyclic) bond motifs is 5. The molecule has 0 amide bonds. The minimum atomic E-state index is -1.77. The van der Waals surface area contributed by atoms with Crippen molar-refractivity contribution in [1.29, 1.82) is 0 Å². The molecule has 1 N–H and O–H groups in total. The van der Waals surface area contributed by atoms with Crippen molar-refractivity contribution in [2.24, 2.45) is 28.6 Å². The van der Waals surface area contributed by atoms with Gasteiger partial charge in [0.1, 0.15) is 6.17 Å². The number of carboxylic acid groups (broad SMARTS) is 1. The summed E-state index contributed by atoms with van der Waals surface area (Å²) in [6, 6.07) is 0. The van der Waals surface area contributed by atoms with E-state index in [0.29, 0.717) is 12.0 Å². The van der Waals surface area contributed by atoms with E-state index in [1.54, 1.807) is 26.8 Å². The Morgan fingerprint density at radius 1 is 1.28 bits per heavy atom. The second-order valence-electron chi connectivity index (χ2n) is 10.3. The molecule has 0 aromatic rings. The van der Waals surface area contributed by atoms with Crippen LogP contribution in [0.5, 0.6) is 0 Å². The van der Waals surface area contributed by atoms with Gasteiger partial charge in [0, 0.05) is 23.2 Å². The van der Waals surface area contributed by atoms with E-state index in [-0.39, 0.29) is 31.0 Å². The van der Waals surface area contributed by atoms with E-state index in [1.165, 1.54) is 12.2 Å². The molecule has 0 unspecified atom stereocenters. The molecular weight excluding hydrogens is 458 g/mol. The average Bonchev–Trinajstić information content (AvgIpc) is 2.93. The number of carbonyl (C=O) groups excluding carboxylic acids is 2. The largest absolute Gasteiger partial charge is 0.478 e. The quantitative estimate of drug-likeness (QED) is 0.455. The Labute approximate surface area is 197 Å². The zero-order valence-corrected chi connectivity index (χ0v) is 20.2. The molecule has 0 aromatic carbocycles. The van der Waals surface area contributed by atoms with Gasteiger partial charge in [-0.3, -0.25) is 9.59 Å². The van der Waals surface area contributed by atoms with E-state index >= 15 is 4.39 Å². The van der Waals surface area contributed by atoms with Gasteiger partial charge in [-0.05, 0) is 48.8 Å². The summed E-state index contributed by atoms with van der Waals surface area (Å²) in [5, 5.41) is 9.63. The minimum Gasteiger partial charge on any atom is -0.478 e. The van der Waals surface area contributed by atoms with Crippen molar-refractivity contribution >= 4 is 40.9 Å². The SMILES string of the molecule is CCC(=O)O[C@]1(C(=O)O)[C@@H](C)C[C@H]2[C@@H]3C[C@H](F)C4=CC(=O)C=C[C@]4(C)[C@@]3(Cl)[C@@H](Cl)C[C@@]21C. The third-order valence-electron chi connectivity index (χ3n) is 9.01. The highest BCUT2D eigenvalue weighted by Gasteiger charge is 2.77. The lowest BCUT2D eigenvalue weighted by Gasteiger charge is -2.64. The zero-order chi connectivity index (χ0) is 23.9. The first-order valence-electron chi connectivity index (χ1n) is 11.2. The van der Waals surface area contributed by atoms with E-state index in [4.69, 9.17) is 27.9 Å². The van der Waals surface area contributed by atoms with Gasteiger partial charge in [-0.15, -0.1) is 23.2 Å². The van der Waals surface area contributed by atoms with Gasteiger partial charge in [0.25, 0.3) is 0 Å². The molecule has 3 fully saturated rings. The second-order valence-corrected chi connectivity index (χ2v) is 11.5. The highest BCUT2D eigenvalue weighted by molar-refractivity contribution is 6.34. The molecule has 8 heteroatoms. The fraction of sp³-hybridized carbons (Fsp3) is 0.708. The Morgan fingerprint density at radius 3 is 2.53 bits per heavy atom. The maximum Gasteiger partial charge on any atom is 0.349 e. The van der Waals surface area contributed by atoms with Crippen molar-refractivity contribution in [3.63, 3.8) is 0 Å². The predicted molar refractivity (Wildman–Crippen MR) is 118 cm³/mol. The summed E-state index contributed by atoms with van der Waals surface area (Å²) in [5.41, 5.74) is -3.45. The summed E-state index contributed by atoms with van der Waals surface area (Å²) in [6.45, 7) is 6.99. The normalized spacial score (nSPS) is 49.5. The average molecular weight is 487 g/mol. The van der Waals surface area contributed by atoms with E-state index in [0.717, 1.165) is 0 Å². The van der Waals surface area contributed by atoms with Crippen LogP contribution in [0.4, 0.5) is 4.39 Å². The number of ketones is 1. The monoisotopic (exact) mass is 486 g/mol. The Morgan fingerprint density at radius 2 is 1.94 bits per heavy atom. The van der Waals surface area contributed by atoms with E-state index in [9.17, 15) is 19.5 Å². The summed E-state index contributed by atoms with van der Waals surface area (Å²) in [7, 11) is 0. The topological polar surface area (TPSA) is 80.7 Å². The maximum atomic E-state index is 15.5. The van der Waals surface area contributed by atoms with Crippen LogP contribution in [0.3, 0.4) is 0 Å². The number of hydrogen-bond donors (Lipinski definition) is 1. The van der Waals surface area contributed by atoms with E-state index in [1.807, 2.05) is 6.92 Å². The summed E-state index contributed by atoms with van der Waals surface area (Å²) in [6.07, 6.45) is 3.69. The fourth-order valence-electron chi connectivity index (χ4n) is 7.43. The lowest BCUT2D eigenvalue weighted by molar-refractivity contribution is -0.206. The van der Waals surface area contributed by atoms with E-state index in [2.05, 4.69) is 0 Å². The number of aliphatic carboxylic acids is 1. The first-order chi connectivity index (χ1) is 14.8. The van der Waals surface area contributed by atoms with Crippen LogP contribution >= 0.6 is 23.2 Å². The van der Waals surface area contributed by atoms with Gasteiger partial charge in [-0.25, -0.2) is 9.18 Å². The molecule has 0 aromatic heterocycles. The number of ether oxygens (including phenoxy) is 1. The Bertz CT molecular complexity index is 949. The third kappa shape index (κ3) is 2.65. The summed E-state index contributed by atoms with van der Waals surface area (Å²) in [4.78, 5) is 35.9. The van der Waals surface area contributed by atoms with Crippen LogP contribution < -0.4 is 0 Å². The number of esters is 1. The Balaban J connectivity index is 1.87. The molecule has 0 heterocycles. The van der Waals surface area contributed by atoms with Gasteiger partial charge in [0.2, 0.25) is 5.60 Å². The van der Waals surface area contributed by atoms with Gasteiger partial charge in [0.15, 0.2) is 5.78 Å². The van der Waals surface area contributed by atoms with Crippen LogP contribution in [0.15, 0.2) is 23.8 Å². The van der Waals surface area contributed by atoms with Crippen LogP contribution in [0, 0.1) is 28.6 Å². The minimum absolute atomic E-state index is 0.0413. The zero-order valence-electron chi connectivity index (χ0n) is 18.7. The van der Waals surface area contributed by atoms with Crippen molar-refractivity contribution in [1.82, 2.24) is 0 Å². The van der Waals surface area contributed by atoms with Gasteiger partial charge >= 0.3 is 11.9 Å². The van der Waals surface area contributed by atoms with Crippen molar-refractivity contribution in [2.45, 2.75) is 75.4 Å². The number of alkyl halides is 3. The van der Waals surface area contributed by atoms with Gasteiger partial charge < -0.3 is 9.84 Å². The Hall–Kier alpha value is -1.40. The molecule has 3 saturated carbocycles. The first kappa shape index (κ1) is 23.7. The van der Waals surface area contributed by atoms with E-state index < -0.39 is 56.6 Å². The number of hydrogen-bond acceptors (Lipinski definition) is 4. The molecule has 9 atom stereocenters. The molecular formula is C24H29Cl2FO5. The molecule has 4 aliphatic rings. The Kier molecular flexibility index (Phi) is 5.42. The van der Waals surface area contributed by atoms with Crippen LogP contribution in [0.1, 0.15) is 53.4 Å². The van der Waals surface area contributed by atoms with Gasteiger partial charge in [0.05, 0.1) is 10.3 Å². The molecule has 176 valence electrons. The molecule has 0 saturated heterocycles. The number of carboxylic acids is 1. The molecule has 0 bridgehead atoms. The van der Waals surface area contributed by atoms with Crippen molar-refractivity contribution < 1.29 is 28.6 Å². The molecule has 32 heavy (non-hydrogen) atoms. The van der Waals surface area contributed by atoms with Crippen LogP contribution in [-0.4, -0.2) is 44.9 Å². The smallest absolute Gasteiger partial charge is 0.349 e. The van der Waals surface area contributed by atoms with Gasteiger partial charge in [-0.2, -0.15) is 0 Å². The lowest BCUT2D eigenvalue weighted by Crippen LogP contribution is -2.69. The lowest BCUT2D eigenvalue weighted by atomic mass is 9.46. The summed E-state index contributed by atoms with van der Waals surface area (Å²) >= 11 is 14.4. The van der Waals surface area contributed by atoms with Crippen LogP contribution in [0.2, 0.25) is 0 Å². The third-order valence-corrected chi connectivity index (χ3v) is 10.6. The molecule has 5 nitrogen and oxygen atoms in total. The van der Waals surface area contributed by atoms with Crippen LogP contribution in [0.25, 0.3) is 0 Å². The van der Waals surface area contributed by atoms with Crippen molar-refractivity contribution in [3.05, 3.63) is 23.8 Å². The second kappa shape index (κ2) is 7.30. The molecule has 4 aliphatic carbocycles. The van der Waals surface area contributed by atoms with Crippen molar-refractivity contribution in [2.75, 3.05) is 0 Å². The summed E-state index contributed by atoms with van der Waals surface area (Å²) < 4.78 is 21.3. The first-order valence-corrected chi connectivity index (χ1v) is 12.0. The standard InChI is InChI=1S/C24H29Cl2FO5/c1-5-19(29)32-24(20(30)31)12(2)8-14-15-10-17(27)16-9-13(28)6-7-21(16,3)23(15,26)18(25)11-22(14,24)4/h6-7,9,12,14-15,17-18H,5,8,10-11H2,1-4H3,(H,30,31)/t12-,14-,15-,17-,18-,21-,22-,23-,24-/m0/s1. The molecule has 0 radical (unpaired) electrons.